The summed E-state index contributed by atoms with van der Waals surface area (Å²) < 4.78 is 24.6. The molecular formula is C23H33N3O4S2. The molecule has 1 aliphatic carbocycles. The number of nitrogens with zero attached hydrogens (tertiary/aromatic N) is 2. The lowest BCUT2D eigenvalue weighted by atomic mass is 9.78. The SMILES string of the molecule is CS(=O)(=O)NCCC(=O)N1CC=C(c2cc(C(=O)N3CCCC4CCCCC43)cs2)CC1. The van der Waals surface area contributed by atoms with Gasteiger partial charge in [0, 0.05) is 48.9 Å². The largest absolute Gasteiger partial charge is 0.339 e. The molecule has 9 heteroatoms. The Labute approximate surface area is 194 Å². The van der Waals surface area contributed by atoms with Crippen molar-refractivity contribution < 1.29 is 18.0 Å². The van der Waals surface area contributed by atoms with Crippen molar-refractivity contribution in [2.24, 2.45) is 5.92 Å². The summed E-state index contributed by atoms with van der Waals surface area (Å²) in [5, 5.41) is 1.99. The Morgan fingerprint density at radius 3 is 2.69 bits per heavy atom. The highest BCUT2D eigenvalue weighted by atomic mass is 32.2. The van der Waals surface area contributed by atoms with Gasteiger partial charge in [-0.15, -0.1) is 11.3 Å². The molecule has 2 aliphatic heterocycles. The zero-order chi connectivity index (χ0) is 22.7. The number of nitrogens with one attached hydrogen (secondary N) is 1. The van der Waals surface area contributed by atoms with E-state index in [0.717, 1.165) is 42.5 Å². The van der Waals surface area contributed by atoms with Crippen LogP contribution in [0.4, 0.5) is 0 Å². The van der Waals surface area contributed by atoms with Crippen LogP contribution in [0.2, 0.25) is 0 Å². The molecule has 3 aliphatic rings. The number of thiophene rings is 1. The second-order valence-electron chi connectivity index (χ2n) is 9.19. The van der Waals surface area contributed by atoms with Gasteiger partial charge in [-0.25, -0.2) is 13.1 Å². The van der Waals surface area contributed by atoms with Crippen LogP contribution in [0.1, 0.15) is 66.6 Å². The molecule has 1 aromatic heterocycles. The zero-order valence-corrected chi connectivity index (χ0v) is 20.3. The standard InChI is InChI=1S/C23H33N3O4S2/c1-32(29,30)24-11-8-22(27)25-13-9-18(10-14-25)21-15-19(16-31-21)23(28)26-12-4-6-17-5-2-3-7-20(17)26/h9,15-17,20,24H,2-8,10-14H2,1H3. The Bertz CT molecular complexity index is 983. The molecular weight excluding hydrogens is 446 g/mol. The number of carbonyl (C=O) groups is 2. The van der Waals surface area contributed by atoms with Gasteiger partial charge in [0.05, 0.1) is 11.8 Å². The van der Waals surface area contributed by atoms with Crippen molar-refractivity contribution in [3.63, 3.8) is 0 Å². The molecule has 4 rings (SSSR count). The summed E-state index contributed by atoms with van der Waals surface area (Å²) in [5.41, 5.74) is 1.98. The zero-order valence-electron chi connectivity index (χ0n) is 18.7. The number of rotatable bonds is 6. The monoisotopic (exact) mass is 479 g/mol. The number of piperidine rings is 1. The fourth-order valence-electron chi connectivity index (χ4n) is 5.28. The second-order valence-corrected chi connectivity index (χ2v) is 11.9. The van der Waals surface area contributed by atoms with Gasteiger partial charge in [-0.1, -0.05) is 18.9 Å². The minimum atomic E-state index is -3.28. The quantitative estimate of drug-likeness (QED) is 0.679. The summed E-state index contributed by atoms with van der Waals surface area (Å²) in [4.78, 5) is 30.6. The summed E-state index contributed by atoms with van der Waals surface area (Å²) >= 11 is 1.61. The van der Waals surface area contributed by atoms with E-state index in [1.165, 1.54) is 31.3 Å². The highest BCUT2D eigenvalue weighted by Gasteiger charge is 2.36. The van der Waals surface area contributed by atoms with Crippen LogP contribution in [0, 0.1) is 5.92 Å². The predicted octanol–water partition coefficient (Wildman–Crippen LogP) is 3.10. The molecule has 0 spiro atoms. The van der Waals surface area contributed by atoms with Crippen LogP contribution in [0.3, 0.4) is 0 Å². The summed E-state index contributed by atoms with van der Waals surface area (Å²) in [5.74, 6) is 0.804. The van der Waals surface area contributed by atoms with Gasteiger partial charge in [-0.2, -0.15) is 0 Å². The smallest absolute Gasteiger partial charge is 0.254 e. The molecule has 0 aromatic carbocycles. The molecule has 3 heterocycles. The minimum absolute atomic E-state index is 0.0503. The number of hydrogen-bond donors (Lipinski definition) is 1. The van der Waals surface area contributed by atoms with Crippen molar-refractivity contribution in [1.82, 2.24) is 14.5 Å². The minimum Gasteiger partial charge on any atom is -0.339 e. The normalized spacial score (nSPS) is 24.1. The second kappa shape index (κ2) is 10.1. The van der Waals surface area contributed by atoms with Gasteiger partial charge in [-0.05, 0) is 49.7 Å². The summed E-state index contributed by atoms with van der Waals surface area (Å²) in [6.07, 6.45) is 11.3. The Kier molecular flexibility index (Phi) is 7.37. The Morgan fingerprint density at radius 1 is 1.16 bits per heavy atom. The van der Waals surface area contributed by atoms with E-state index in [1.807, 2.05) is 11.4 Å². The van der Waals surface area contributed by atoms with E-state index in [4.69, 9.17) is 0 Å². The molecule has 1 saturated carbocycles. The van der Waals surface area contributed by atoms with E-state index in [2.05, 4.69) is 15.7 Å². The van der Waals surface area contributed by atoms with Gasteiger partial charge in [0.1, 0.15) is 0 Å². The third kappa shape index (κ3) is 5.61. The molecule has 0 radical (unpaired) electrons. The number of sulfonamides is 1. The van der Waals surface area contributed by atoms with Crippen LogP contribution < -0.4 is 4.72 Å². The van der Waals surface area contributed by atoms with E-state index in [0.29, 0.717) is 25.0 Å². The first-order chi connectivity index (χ1) is 15.3. The van der Waals surface area contributed by atoms with E-state index < -0.39 is 10.0 Å². The van der Waals surface area contributed by atoms with Crippen molar-refractivity contribution in [2.45, 2.75) is 57.4 Å². The van der Waals surface area contributed by atoms with Crippen molar-refractivity contribution >= 4 is 38.7 Å². The van der Waals surface area contributed by atoms with Gasteiger partial charge in [0.15, 0.2) is 0 Å². The molecule has 1 N–H and O–H groups in total. The first-order valence-electron chi connectivity index (χ1n) is 11.6. The van der Waals surface area contributed by atoms with Crippen molar-refractivity contribution in [1.29, 1.82) is 0 Å². The summed E-state index contributed by atoms with van der Waals surface area (Å²) in [6, 6.07) is 2.44. The maximum absolute atomic E-state index is 13.3. The van der Waals surface area contributed by atoms with E-state index in [-0.39, 0.29) is 24.8 Å². The third-order valence-corrected chi connectivity index (χ3v) is 8.67. The van der Waals surface area contributed by atoms with E-state index in [9.17, 15) is 18.0 Å². The van der Waals surface area contributed by atoms with Crippen LogP contribution in [0.5, 0.6) is 0 Å². The third-order valence-electron chi connectivity index (χ3n) is 6.93. The van der Waals surface area contributed by atoms with Gasteiger partial charge in [-0.3, -0.25) is 9.59 Å². The topological polar surface area (TPSA) is 86.8 Å². The van der Waals surface area contributed by atoms with Gasteiger partial charge < -0.3 is 9.80 Å². The molecule has 0 bridgehead atoms. The molecule has 176 valence electrons. The number of amides is 2. The molecule has 2 unspecified atom stereocenters. The fourth-order valence-corrected chi connectivity index (χ4v) is 6.71. The molecule has 32 heavy (non-hydrogen) atoms. The maximum Gasteiger partial charge on any atom is 0.254 e. The van der Waals surface area contributed by atoms with E-state index in [1.54, 1.807) is 16.2 Å². The summed E-state index contributed by atoms with van der Waals surface area (Å²) in [6.45, 7) is 2.13. The first kappa shape index (κ1) is 23.4. The van der Waals surface area contributed by atoms with Crippen molar-refractivity contribution in [2.75, 3.05) is 32.4 Å². The average molecular weight is 480 g/mol. The lowest BCUT2D eigenvalue weighted by Crippen LogP contribution is -2.49. The fraction of sp³-hybridized carbons (Fsp3) is 0.652. The van der Waals surface area contributed by atoms with Crippen LogP contribution in [0.15, 0.2) is 17.5 Å². The number of carbonyl (C=O) groups excluding carboxylic acids is 2. The molecule has 7 nitrogen and oxygen atoms in total. The van der Waals surface area contributed by atoms with Gasteiger partial charge in [0.25, 0.3) is 5.91 Å². The van der Waals surface area contributed by atoms with Crippen LogP contribution >= 0.6 is 11.3 Å². The highest BCUT2D eigenvalue weighted by molar-refractivity contribution is 7.88. The molecule has 1 aromatic rings. The van der Waals surface area contributed by atoms with Crippen LogP contribution in [-0.4, -0.2) is 68.5 Å². The molecule has 2 amide bonds. The Balaban J connectivity index is 1.34. The number of likely N-dealkylation sites (tertiary alicyclic amines) is 1. The molecule has 1 saturated heterocycles. The van der Waals surface area contributed by atoms with Crippen LogP contribution in [0.25, 0.3) is 5.57 Å². The average Bonchev–Trinajstić information content (AvgIpc) is 3.28. The van der Waals surface area contributed by atoms with E-state index >= 15 is 0 Å². The lowest BCUT2D eigenvalue weighted by molar-refractivity contribution is -0.130. The summed E-state index contributed by atoms with van der Waals surface area (Å²) in [7, 11) is -3.28. The first-order valence-corrected chi connectivity index (χ1v) is 14.4. The van der Waals surface area contributed by atoms with Crippen LogP contribution in [-0.2, 0) is 14.8 Å². The number of fused-ring (bicyclic) bond motifs is 1. The molecule has 2 atom stereocenters. The molecule has 2 fully saturated rings. The lowest BCUT2D eigenvalue weighted by Gasteiger charge is -2.44. The predicted molar refractivity (Wildman–Crippen MR) is 127 cm³/mol. The highest BCUT2D eigenvalue weighted by Crippen LogP contribution is 2.37. The van der Waals surface area contributed by atoms with Gasteiger partial charge in [0.2, 0.25) is 15.9 Å². The number of hydrogen-bond acceptors (Lipinski definition) is 5. The Morgan fingerprint density at radius 2 is 1.94 bits per heavy atom. The van der Waals surface area contributed by atoms with Gasteiger partial charge >= 0.3 is 0 Å². The van der Waals surface area contributed by atoms with Crippen molar-refractivity contribution in [3.8, 4) is 0 Å². The van der Waals surface area contributed by atoms with Crippen molar-refractivity contribution in [3.05, 3.63) is 28.0 Å². The maximum atomic E-state index is 13.3. The Hall–Kier alpha value is -1.71.